The number of carboxylic acids is 1. The minimum absolute atomic E-state index is 0.231. The van der Waals surface area contributed by atoms with Gasteiger partial charge in [0.05, 0.1) is 0 Å². The maximum absolute atomic E-state index is 11.8. The Labute approximate surface area is 95.3 Å². The highest BCUT2D eigenvalue weighted by molar-refractivity contribution is 7.98. The third-order valence-corrected chi connectivity index (χ3v) is 3.04. The minimum Gasteiger partial charge on any atom is -0.477 e. The Bertz CT molecular complexity index is 618. The fraction of sp³-hybridized carbons (Fsp3) is 0.0909. The van der Waals surface area contributed by atoms with Crippen molar-refractivity contribution in [1.82, 2.24) is 4.98 Å². The summed E-state index contributed by atoms with van der Waals surface area (Å²) in [4.78, 5) is 26.4. The Morgan fingerprint density at radius 3 is 2.81 bits per heavy atom. The summed E-state index contributed by atoms with van der Waals surface area (Å²) in [6, 6.07) is 5.35. The van der Waals surface area contributed by atoms with Gasteiger partial charge in [-0.15, -0.1) is 11.8 Å². The number of pyridine rings is 1. The molecule has 0 bridgehead atoms. The fourth-order valence-electron chi connectivity index (χ4n) is 1.48. The second kappa shape index (κ2) is 4.02. The van der Waals surface area contributed by atoms with Gasteiger partial charge in [-0.05, 0) is 24.5 Å². The van der Waals surface area contributed by atoms with Crippen LogP contribution in [0.4, 0.5) is 0 Å². The average molecular weight is 235 g/mol. The van der Waals surface area contributed by atoms with Crippen LogP contribution < -0.4 is 5.43 Å². The first-order valence-electron chi connectivity index (χ1n) is 4.56. The lowest BCUT2D eigenvalue weighted by Crippen LogP contribution is -2.15. The summed E-state index contributed by atoms with van der Waals surface area (Å²) < 4.78 is 0. The highest BCUT2D eigenvalue weighted by Gasteiger charge is 2.11. The van der Waals surface area contributed by atoms with E-state index in [0.29, 0.717) is 10.9 Å². The Morgan fingerprint density at radius 2 is 2.19 bits per heavy atom. The molecule has 0 amide bonds. The molecule has 0 unspecified atom stereocenters. The van der Waals surface area contributed by atoms with Crippen LogP contribution in [-0.4, -0.2) is 22.3 Å². The maximum atomic E-state index is 11.8. The van der Waals surface area contributed by atoms with Crippen molar-refractivity contribution >= 4 is 28.6 Å². The van der Waals surface area contributed by atoms with Crippen molar-refractivity contribution in [1.29, 1.82) is 0 Å². The number of nitrogens with one attached hydrogen (secondary N) is 1. The average Bonchev–Trinajstić information content (AvgIpc) is 2.28. The monoisotopic (exact) mass is 235 g/mol. The Hall–Kier alpha value is -1.75. The molecule has 1 heterocycles. The molecular weight excluding hydrogens is 226 g/mol. The number of hydrogen-bond acceptors (Lipinski definition) is 3. The zero-order chi connectivity index (χ0) is 11.7. The van der Waals surface area contributed by atoms with Gasteiger partial charge < -0.3 is 10.1 Å². The fourth-order valence-corrected chi connectivity index (χ4v) is 1.92. The third kappa shape index (κ3) is 1.69. The summed E-state index contributed by atoms with van der Waals surface area (Å²) in [7, 11) is 0. The molecule has 2 rings (SSSR count). The highest BCUT2D eigenvalue weighted by atomic mass is 32.2. The van der Waals surface area contributed by atoms with Crippen LogP contribution in [0, 0.1) is 0 Å². The SMILES string of the molecule is CSc1ccc2[nH]cc(C(=O)O)c(=O)c2c1. The first kappa shape index (κ1) is 10.8. The van der Waals surface area contributed by atoms with Crippen LogP contribution in [0.15, 0.2) is 34.1 Å². The number of H-pyrrole nitrogens is 1. The molecular formula is C11H9NO3S. The van der Waals surface area contributed by atoms with E-state index in [1.807, 2.05) is 12.3 Å². The number of aromatic amines is 1. The van der Waals surface area contributed by atoms with Gasteiger partial charge in [-0.2, -0.15) is 0 Å². The summed E-state index contributed by atoms with van der Waals surface area (Å²) >= 11 is 1.51. The Kier molecular flexibility index (Phi) is 2.70. The molecule has 4 nitrogen and oxygen atoms in total. The summed E-state index contributed by atoms with van der Waals surface area (Å²) in [5.74, 6) is -1.21. The van der Waals surface area contributed by atoms with Gasteiger partial charge in [0.1, 0.15) is 5.56 Å². The molecule has 0 aliphatic rings. The standard InChI is InChI=1S/C11H9NO3S/c1-16-6-2-3-9-7(4-6)10(13)8(5-12-9)11(14)15/h2-5H,1H3,(H,12,13)(H,14,15). The van der Waals surface area contributed by atoms with Crippen molar-refractivity contribution in [3.8, 4) is 0 Å². The van der Waals surface area contributed by atoms with Crippen LogP contribution in [0.2, 0.25) is 0 Å². The molecule has 0 aliphatic carbocycles. The van der Waals surface area contributed by atoms with Crippen LogP contribution in [0.3, 0.4) is 0 Å². The van der Waals surface area contributed by atoms with E-state index in [-0.39, 0.29) is 5.56 Å². The maximum Gasteiger partial charge on any atom is 0.341 e. The molecule has 2 N–H and O–H groups in total. The lowest BCUT2D eigenvalue weighted by Gasteiger charge is -2.01. The molecule has 0 aliphatic heterocycles. The molecule has 2 aromatic rings. The second-order valence-corrected chi connectivity index (χ2v) is 4.13. The zero-order valence-electron chi connectivity index (χ0n) is 8.48. The number of aromatic carboxylic acids is 1. The number of fused-ring (bicyclic) bond motifs is 1. The summed E-state index contributed by atoms with van der Waals surface area (Å²) in [6.45, 7) is 0. The smallest absolute Gasteiger partial charge is 0.341 e. The van der Waals surface area contributed by atoms with Crippen LogP contribution >= 0.6 is 11.8 Å². The number of carboxylic acid groups (broad SMARTS) is 1. The number of benzene rings is 1. The van der Waals surface area contributed by atoms with E-state index in [4.69, 9.17) is 5.11 Å². The molecule has 82 valence electrons. The summed E-state index contributed by atoms with van der Waals surface area (Å²) in [6.07, 6.45) is 3.13. The van der Waals surface area contributed by atoms with Crippen molar-refractivity contribution in [3.05, 3.63) is 40.2 Å². The number of rotatable bonds is 2. The normalized spacial score (nSPS) is 10.6. The van der Waals surface area contributed by atoms with Gasteiger partial charge in [0.25, 0.3) is 0 Å². The van der Waals surface area contributed by atoms with Crippen molar-refractivity contribution in [2.45, 2.75) is 4.90 Å². The Balaban J connectivity index is 2.81. The molecule has 16 heavy (non-hydrogen) atoms. The van der Waals surface area contributed by atoms with E-state index in [1.165, 1.54) is 18.0 Å². The van der Waals surface area contributed by atoms with Crippen LogP contribution in [-0.2, 0) is 0 Å². The molecule has 5 heteroatoms. The zero-order valence-corrected chi connectivity index (χ0v) is 9.30. The predicted molar refractivity (Wildman–Crippen MR) is 63.3 cm³/mol. The van der Waals surface area contributed by atoms with E-state index in [1.54, 1.807) is 12.1 Å². The number of hydrogen-bond donors (Lipinski definition) is 2. The lowest BCUT2D eigenvalue weighted by atomic mass is 10.1. The Morgan fingerprint density at radius 1 is 1.44 bits per heavy atom. The van der Waals surface area contributed by atoms with E-state index in [9.17, 15) is 9.59 Å². The largest absolute Gasteiger partial charge is 0.477 e. The molecule has 1 aromatic carbocycles. The second-order valence-electron chi connectivity index (χ2n) is 3.25. The molecule has 0 saturated heterocycles. The van der Waals surface area contributed by atoms with Crippen molar-refractivity contribution in [2.75, 3.05) is 6.26 Å². The van der Waals surface area contributed by atoms with Gasteiger partial charge >= 0.3 is 5.97 Å². The van der Waals surface area contributed by atoms with Crippen LogP contribution in [0.25, 0.3) is 10.9 Å². The quantitative estimate of drug-likeness (QED) is 0.780. The third-order valence-electron chi connectivity index (χ3n) is 2.32. The van der Waals surface area contributed by atoms with Crippen molar-refractivity contribution in [2.24, 2.45) is 0 Å². The van der Waals surface area contributed by atoms with E-state index in [0.717, 1.165) is 4.90 Å². The van der Waals surface area contributed by atoms with Crippen LogP contribution in [0.1, 0.15) is 10.4 Å². The summed E-state index contributed by atoms with van der Waals surface area (Å²) in [5.41, 5.74) is -0.0318. The van der Waals surface area contributed by atoms with Gasteiger partial charge in [-0.1, -0.05) is 0 Å². The molecule has 0 spiro atoms. The van der Waals surface area contributed by atoms with Crippen molar-refractivity contribution in [3.63, 3.8) is 0 Å². The van der Waals surface area contributed by atoms with Gasteiger partial charge in [0.15, 0.2) is 0 Å². The molecule has 1 aromatic heterocycles. The van der Waals surface area contributed by atoms with E-state index < -0.39 is 11.4 Å². The van der Waals surface area contributed by atoms with Gasteiger partial charge in [-0.25, -0.2) is 4.79 Å². The molecule has 0 atom stereocenters. The van der Waals surface area contributed by atoms with Crippen LogP contribution in [0.5, 0.6) is 0 Å². The number of aromatic nitrogens is 1. The molecule has 0 fully saturated rings. The lowest BCUT2D eigenvalue weighted by molar-refractivity contribution is 0.0695. The number of thioether (sulfide) groups is 1. The first-order chi connectivity index (χ1) is 7.63. The molecule has 0 saturated carbocycles. The summed E-state index contributed by atoms with van der Waals surface area (Å²) in [5, 5.41) is 9.24. The minimum atomic E-state index is -1.21. The van der Waals surface area contributed by atoms with Gasteiger partial charge in [0, 0.05) is 22.0 Å². The number of carbonyl (C=O) groups is 1. The van der Waals surface area contributed by atoms with Gasteiger partial charge in [-0.3, -0.25) is 4.79 Å². The van der Waals surface area contributed by atoms with Gasteiger partial charge in [0.2, 0.25) is 5.43 Å². The molecule has 0 radical (unpaired) electrons. The first-order valence-corrected chi connectivity index (χ1v) is 5.78. The highest BCUT2D eigenvalue weighted by Crippen LogP contribution is 2.18. The van der Waals surface area contributed by atoms with Crippen molar-refractivity contribution < 1.29 is 9.90 Å². The topological polar surface area (TPSA) is 70.2 Å². The predicted octanol–water partition coefficient (Wildman–Crippen LogP) is 1.95. The van der Waals surface area contributed by atoms with E-state index >= 15 is 0 Å². The van der Waals surface area contributed by atoms with E-state index in [2.05, 4.69) is 4.98 Å².